The molecule has 8 heteroatoms. The van der Waals surface area contributed by atoms with Gasteiger partial charge in [-0.2, -0.15) is 4.98 Å². The van der Waals surface area contributed by atoms with E-state index in [1.54, 1.807) is 12.1 Å². The number of rotatable bonds is 5. The van der Waals surface area contributed by atoms with Crippen molar-refractivity contribution in [2.24, 2.45) is 0 Å². The van der Waals surface area contributed by atoms with Crippen LogP contribution in [0, 0.1) is 24.0 Å². The number of hydrogen-bond donors (Lipinski definition) is 1. The van der Waals surface area contributed by atoms with E-state index >= 15 is 0 Å². The van der Waals surface area contributed by atoms with Crippen LogP contribution in [0.25, 0.3) is 10.8 Å². The van der Waals surface area contributed by atoms with Gasteiger partial charge in [-0.3, -0.25) is 10.1 Å². The fourth-order valence-electron chi connectivity index (χ4n) is 3.23. The van der Waals surface area contributed by atoms with Gasteiger partial charge in [0, 0.05) is 16.1 Å². The van der Waals surface area contributed by atoms with Crippen molar-refractivity contribution in [3.05, 3.63) is 87.2 Å². The van der Waals surface area contributed by atoms with E-state index in [1.807, 2.05) is 56.3 Å². The van der Waals surface area contributed by atoms with Crippen LogP contribution in [0.2, 0.25) is 5.02 Å². The van der Waals surface area contributed by atoms with Crippen LogP contribution in [0.15, 0.2) is 60.9 Å². The van der Waals surface area contributed by atoms with Crippen molar-refractivity contribution in [1.29, 1.82) is 0 Å². The second kappa shape index (κ2) is 7.96. The number of nitrogens with one attached hydrogen (secondary N) is 1. The Hall–Kier alpha value is -3.71. The van der Waals surface area contributed by atoms with E-state index in [2.05, 4.69) is 15.3 Å². The molecule has 1 aromatic heterocycles. The second-order valence-electron chi connectivity index (χ2n) is 6.76. The van der Waals surface area contributed by atoms with Crippen LogP contribution in [-0.2, 0) is 0 Å². The monoisotopic (exact) mass is 420 g/mol. The highest BCUT2D eigenvalue weighted by Gasteiger charge is 2.26. The van der Waals surface area contributed by atoms with Gasteiger partial charge in [-0.15, -0.1) is 0 Å². The molecule has 0 saturated heterocycles. The maximum atomic E-state index is 11.9. The molecule has 7 nitrogen and oxygen atoms in total. The summed E-state index contributed by atoms with van der Waals surface area (Å²) < 4.78 is 5.76. The molecule has 0 unspecified atom stereocenters. The average molecular weight is 421 g/mol. The smallest absolute Gasteiger partial charge is 0.373 e. The molecule has 3 aromatic carbocycles. The van der Waals surface area contributed by atoms with E-state index in [-0.39, 0.29) is 17.4 Å². The fraction of sp³-hybridized carbons (Fsp3) is 0.0909. The molecule has 1 heterocycles. The average Bonchev–Trinajstić information content (AvgIpc) is 2.72. The summed E-state index contributed by atoms with van der Waals surface area (Å²) in [7, 11) is 0. The molecule has 0 bridgehead atoms. The first-order valence-corrected chi connectivity index (χ1v) is 9.50. The van der Waals surface area contributed by atoms with Crippen molar-refractivity contribution in [2.45, 2.75) is 13.8 Å². The van der Waals surface area contributed by atoms with Crippen molar-refractivity contribution in [3.63, 3.8) is 0 Å². The molecule has 4 rings (SSSR count). The summed E-state index contributed by atoms with van der Waals surface area (Å²) in [5.41, 5.74) is 1.95. The Morgan fingerprint density at radius 3 is 2.47 bits per heavy atom. The van der Waals surface area contributed by atoms with E-state index in [1.165, 1.54) is 6.33 Å². The van der Waals surface area contributed by atoms with Crippen LogP contribution in [-0.4, -0.2) is 14.9 Å². The lowest BCUT2D eigenvalue weighted by Crippen LogP contribution is -2.04. The number of fused-ring (bicyclic) bond motifs is 1. The standard InChI is InChI=1S/C22H17ClN4O3/c1-13-10-16(11-14(2)19(13)23)30-22-20(27(28)29)21(24-12-25-22)26-18-9-5-7-15-6-3-4-8-17(15)18/h3-12H,1-2H3,(H,24,25,26). The third-order valence-corrected chi connectivity index (χ3v) is 5.23. The highest BCUT2D eigenvalue weighted by molar-refractivity contribution is 6.32. The number of benzene rings is 3. The van der Waals surface area contributed by atoms with E-state index in [0.29, 0.717) is 16.5 Å². The molecular formula is C22H17ClN4O3. The number of anilines is 2. The number of hydrogen-bond acceptors (Lipinski definition) is 6. The molecule has 0 fully saturated rings. The molecular weight excluding hydrogens is 404 g/mol. The summed E-state index contributed by atoms with van der Waals surface area (Å²) >= 11 is 6.20. The lowest BCUT2D eigenvalue weighted by atomic mass is 10.1. The van der Waals surface area contributed by atoms with Gasteiger partial charge in [0.15, 0.2) is 0 Å². The topological polar surface area (TPSA) is 90.2 Å². The van der Waals surface area contributed by atoms with Gasteiger partial charge >= 0.3 is 11.6 Å². The van der Waals surface area contributed by atoms with Gasteiger partial charge in [-0.1, -0.05) is 48.0 Å². The molecule has 0 amide bonds. The first-order chi connectivity index (χ1) is 14.4. The van der Waals surface area contributed by atoms with Gasteiger partial charge in [0.2, 0.25) is 5.82 Å². The van der Waals surface area contributed by atoms with Crippen LogP contribution in [0.1, 0.15) is 11.1 Å². The zero-order valence-electron chi connectivity index (χ0n) is 16.2. The summed E-state index contributed by atoms with van der Waals surface area (Å²) in [5, 5.41) is 17.5. The molecule has 0 radical (unpaired) electrons. The van der Waals surface area contributed by atoms with Crippen molar-refractivity contribution in [1.82, 2.24) is 9.97 Å². The largest absolute Gasteiger partial charge is 0.434 e. The lowest BCUT2D eigenvalue weighted by molar-refractivity contribution is -0.385. The summed E-state index contributed by atoms with van der Waals surface area (Å²) in [6.45, 7) is 3.67. The Labute approximate surface area is 177 Å². The van der Waals surface area contributed by atoms with Crippen LogP contribution < -0.4 is 10.1 Å². The molecule has 0 spiro atoms. The van der Waals surface area contributed by atoms with Crippen molar-refractivity contribution in [3.8, 4) is 11.6 Å². The zero-order chi connectivity index (χ0) is 21.3. The minimum absolute atomic E-state index is 0.0451. The Bertz CT molecular complexity index is 1250. The summed E-state index contributed by atoms with van der Waals surface area (Å²) in [6.07, 6.45) is 1.23. The van der Waals surface area contributed by atoms with E-state index < -0.39 is 4.92 Å². The van der Waals surface area contributed by atoms with Crippen LogP contribution in [0.5, 0.6) is 11.6 Å². The summed E-state index contributed by atoms with van der Waals surface area (Å²) in [6, 6.07) is 16.8. The normalized spacial score (nSPS) is 10.8. The van der Waals surface area contributed by atoms with E-state index in [0.717, 1.165) is 21.9 Å². The molecule has 150 valence electrons. The summed E-state index contributed by atoms with van der Waals surface area (Å²) in [4.78, 5) is 19.4. The zero-order valence-corrected chi connectivity index (χ0v) is 17.0. The third kappa shape index (κ3) is 3.75. The predicted octanol–water partition coefficient (Wildman–Crippen LogP) is 6.34. The van der Waals surface area contributed by atoms with Crippen molar-refractivity contribution < 1.29 is 9.66 Å². The second-order valence-corrected chi connectivity index (χ2v) is 7.14. The Morgan fingerprint density at radius 1 is 1.03 bits per heavy atom. The number of nitrogens with zero attached hydrogens (tertiary/aromatic N) is 3. The minimum atomic E-state index is -0.557. The molecule has 4 aromatic rings. The van der Waals surface area contributed by atoms with Crippen LogP contribution in [0.4, 0.5) is 17.2 Å². The number of aryl methyl sites for hydroxylation is 2. The third-order valence-electron chi connectivity index (χ3n) is 4.64. The predicted molar refractivity (Wildman–Crippen MR) is 117 cm³/mol. The highest BCUT2D eigenvalue weighted by Crippen LogP contribution is 2.37. The lowest BCUT2D eigenvalue weighted by Gasteiger charge is -2.12. The maximum Gasteiger partial charge on any atom is 0.373 e. The molecule has 0 saturated carbocycles. The SMILES string of the molecule is Cc1cc(Oc2ncnc(Nc3cccc4ccccc34)c2[N+](=O)[O-])cc(C)c1Cl. The van der Waals surface area contributed by atoms with Gasteiger partial charge in [-0.25, -0.2) is 4.98 Å². The number of halogens is 1. The van der Waals surface area contributed by atoms with Gasteiger partial charge in [0.05, 0.1) is 4.92 Å². The van der Waals surface area contributed by atoms with Crippen LogP contribution in [0.3, 0.4) is 0 Å². The molecule has 30 heavy (non-hydrogen) atoms. The number of aromatic nitrogens is 2. The quantitative estimate of drug-likeness (QED) is 0.299. The maximum absolute atomic E-state index is 11.9. The molecule has 0 aliphatic carbocycles. The van der Waals surface area contributed by atoms with E-state index in [4.69, 9.17) is 16.3 Å². The fourth-order valence-corrected chi connectivity index (χ4v) is 3.34. The minimum Gasteiger partial charge on any atom is -0.434 e. The van der Waals surface area contributed by atoms with Crippen molar-refractivity contribution >= 4 is 39.6 Å². The number of nitro groups is 1. The molecule has 0 aliphatic rings. The first-order valence-electron chi connectivity index (χ1n) is 9.13. The van der Waals surface area contributed by atoms with Crippen LogP contribution >= 0.6 is 11.6 Å². The van der Waals surface area contributed by atoms with Crippen molar-refractivity contribution in [2.75, 3.05) is 5.32 Å². The molecule has 0 atom stereocenters. The Morgan fingerprint density at radius 2 is 1.73 bits per heavy atom. The molecule has 0 aliphatic heterocycles. The van der Waals surface area contributed by atoms with Gasteiger partial charge in [-0.05, 0) is 48.6 Å². The molecule has 1 N–H and O–H groups in total. The van der Waals surface area contributed by atoms with Gasteiger partial charge in [0.25, 0.3) is 0 Å². The first kappa shape index (κ1) is 19.6. The summed E-state index contributed by atoms with van der Waals surface area (Å²) in [5.74, 6) is 0.301. The van der Waals surface area contributed by atoms with E-state index in [9.17, 15) is 10.1 Å². The highest BCUT2D eigenvalue weighted by atomic mass is 35.5. The number of ether oxygens (including phenoxy) is 1. The Balaban J connectivity index is 1.76. The van der Waals surface area contributed by atoms with Gasteiger partial charge in [0.1, 0.15) is 12.1 Å². The Kier molecular flexibility index (Phi) is 5.20. The van der Waals surface area contributed by atoms with Gasteiger partial charge < -0.3 is 10.1 Å².